The Morgan fingerprint density at radius 1 is 1.53 bits per heavy atom. The number of hydrogen-bond donors (Lipinski definition) is 2. The third kappa shape index (κ3) is 5.52. The summed E-state index contributed by atoms with van der Waals surface area (Å²) in [6.45, 7) is 2.15. The summed E-state index contributed by atoms with van der Waals surface area (Å²) < 4.78 is 0. The van der Waals surface area contributed by atoms with Crippen LogP contribution in [0, 0.1) is 0 Å². The maximum Gasteiger partial charge on any atom is 0.244 e. The van der Waals surface area contributed by atoms with Crippen LogP contribution in [-0.2, 0) is 4.79 Å². The Bertz CT molecular complexity index is 402. The molecule has 0 aliphatic carbocycles. The molecule has 0 fully saturated rings. The van der Waals surface area contributed by atoms with Crippen molar-refractivity contribution >= 4 is 23.6 Å². The van der Waals surface area contributed by atoms with Gasteiger partial charge in [-0.25, -0.2) is 0 Å². The summed E-state index contributed by atoms with van der Waals surface area (Å²) in [5.74, 6) is -0.189. The Balaban J connectivity index is 2.43. The molecule has 0 aliphatic heterocycles. The molecule has 0 spiro atoms. The van der Waals surface area contributed by atoms with Crippen molar-refractivity contribution in [2.45, 2.75) is 19.4 Å². The van der Waals surface area contributed by atoms with Crippen LogP contribution in [0.25, 0.3) is 6.08 Å². The van der Waals surface area contributed by atoms with E-state index >= 15 is 0 Å². The summed E-state index contributed by atoms with van der Waals surface area (Å²) in [7, 11) is 0. The molecule has 17 heavy (non-hydrogen) atoms. The number of aliphatic hydroxyl groups excluding tert-OH is 1. The van der Waals surface area contributed by atoms with Gasteiger partial charge in [0.1, 0.15) is 0 Å². The number of rotatable bonds is 5. The lowest BCUT2D eigenvalue weighted by Gasteiger charge is -2.04. The summed E-state index contributed by atoms with van der Waals surface area (Å²) in [5, 5.41) is 12.3. The van der Waals surface area contributed by atoms with E-state index in [9.17, 15) is 4.79 Å². The molecule has 0 saturated carbocycles. The monoisotopic (exact) mass is 253 g/mol. The molecule has 0 bridgehead atoms. The van der Waals surface area contributed by atoms with E-state index in [2.05, 4.69) is 5.32 Å². The topological polar surface area (TPSA) is 49.3 Å². The number of carbonyl (C=O) groups is 1. The predicted octanol–water partition coefficient (Wildman–Crippen LogP) is 2.24. The fourth-order valence-corrected chi connectivity index (χ4v) is 1.44. The highest BCUT2D eigenvalue weighted by Gasteiger charge is 1.99. The molecule has 1 atom stereocenters. The first-order valence-electron chi connectivity index (χ1n) is 5.48. The van der Waals surface area contributed by atoms with Crippen molar-refractivity contribution in [1.82, 2.24) is 5.32 Å². The molecule has 1 amide bonds. The molecule has 1 aromatic rings. The maximum atomic E-state index is 11.4. The molecule has 92 valence electrons. The van der Waals surface area contributed by atoms with Gasteiger partial charge in [0.15, 0.2) is 0 Å². The quantitative estimate of drug-likeness (QED) is 0.791. The largest absolute Gasteiger partial charge is 0.393 e. The predicted molar refractivity (Wildman–Crippen MR) is 69.8 cm³/mol. The average molecular weight is 254 g/mol. The maximum absolute atomic E-state index is 11.4. The SMILES string of the molecule is CC(O)CCNC(=O)C=Cc1ccccc1Cl. The first-order valence-corrected chi connectivity index (χ1v) is 5.86. The minimum Gasteiger partial charge on any atom is -0.393 e. The van der Waals surface area contributed by atoms with Gasteiger partial charge in [-0.05, 0) is 31.1 Å². The molecule has 1 aromatic carbocycles. The van der Waals surface area contributed by atoms with Crippen molar-refractivity contribution < 1.29 is 9.90 Å². The molecule has 1 unspecified atom stereocenters. The van der Waals surface area contributed by atoms with Gasteiger partial charge in [-0.1, -0.05) is 29.8 Å². The summed E-state index contributed by atoms with van der Waals surface area (Å²) in [5.41, 5.74) is 0.805. The summed E-state index contributed by atoms with van der Waals surface area (Å²) in [4.78, 5) is 11.4. The number of carbonyl (C=O) groups excluding carboxylic acids is 1. The van der Waals surface area contributed by atoms with Gasteiger partial charge in [-0.3, -0.25) is 4.79 Å². The van der Waals surface area contributed by atoms with Crippen molar-refractivity contribution in [3.05, 3.63) is 40.9 Å². The number of hydrogen-bond acceptors (Lipinski definition) is 2. The van der Waals surface area contributed by atoms with Crippen LogP contribution in [-0.4, -0.2) is 23.7 Å². The van der Waals surface area contributed by atoms with Gasteiger partial charge in [0.25, 0.3) is 0 Å². The van der Waals surface area contributed by atoms with E-state index in [0.717, 1.165) is 5.56 Å². The van der Waals surface area contributed by atoms with Crippen LogP contribution in [0.1, 0.15) is 18.9 Å². The van der Waals surface area contributed by atoms with Crippen LogP contribution in [0.4, 0.5) is 0 Å². The first kappa shape index (κ1) is 13.7. The highest BCUT2D eigenvalue weighted by Crippen LogP contribution is 2.15. The van der Waals surface area contributed by atoms with Gasteiger partial charge in [0.05, 0.1) is 6.10 Å². The molecule has 0 aromatic heterocycles. The van der Waals surface area contributed by atoms with Crippen molar-refractivity contribution in [3.63, 3.8) is 0 Å². The fraction of sp³-hybridized carbons (Fsp3) is 0.308. The fourth-order valence-electron chi connectivity index (χ4n) is 1.24. The zero-order chi connectivity index (χ0) is 12.7. The van der Waals surface area contributed by atoms with Gasteiger partial charge in [0.2, 0.25) is 5.91 Å². The van der Waals surface area contributed by atoms with Crippen LogP contribution >= 0.6 is 11.6 Å². The molecular weight excluding hydrogens is 238 g/mol. The zero-order valence-electron chi connectivity index (χ0n) is 9.69. The minimum atomic E-state index is -0.400. The Hall–Kier alpha value is -1.32. The second kappa shape index (κ2) is 7.09. The lowest BCUT2D eigenvalue weighted by molar-refractivity contribution is -0.116. The summed E-state index contributed by atoms with van der Waals surface area (Å²) in [6.07, 6.45) is 3.25. The van der Waals surface area contributed by atoms with Crippen LogP contribution in [0.5, 0.6) is 0 Å². The molecule has 3 nitrogen and oxygen atoms in total. The number of halogens is 1. The van der Waals surface area contributed by atoms with Gasteiger partial charge in [0, 0.05) is 17.6 Å². The second-order valence-electron chi connectivity index (χ2n) is 3.78. The number of aliphatic hydroxyl groups is 1. The van der Waals surface area contributed by atoms with E-state index in [4.69, 9.17) is 16.7 Å². The Morgan fingerprint density at radius 2 is 2.24 bits per heavy atom. The normalized spacial score (nSPS) is 12.6. The molecule has 0 heterocycles. The Kier molecular flexibility index (Phi) is 5.73. The molecule has 0 radical (unpaired) electrons. The second-order valence-corrected chi connectivity index (χ2v) is 4.19. The summed E-state index contributed by atoms with van der Waals surface area (Å²) in [6, 6.07) is 7.30. The first-order chi connectivity index (χ1) is 8.09. The number of benzene rings is 1. The number of nitrogens with one attached hydrogen (secondary N) is 1. The van der Waals surface area contributed by atoms with E-state index in [1.54, 1.807) is 19.1 Å². The van der Waals surface area contributed by atoms with E-state index in [0.29, 0.717) is 18.0 Å². The molecule has 1 rings (SSSR count). The zero-order valence-corrected chi connectivity index (χ0v) is 10.4. The van der Waals surface area contributed by atoms with E-state index in [1.807, 2.05) is 18.2 Å². The average Bonchev–Trinajstić information content (AvgIpc) is 2.27. The Labute approximate surface area is 106 Å². The molecule has 0 aliphatic rings. The van der Waals surface area contributed by atoms with Gasteiger partial charge in [-0.15, -0.1) is 0 Å². The minimum absolute atomic E-state index is 0.189. The lowest BCUT2D eigenvalue weighted by atomic mass is 10.2. The highest BCUT2D eigenvalue weighted by atomic mass is 35.5. The van der Waals surface area contributed by atoms with E-state index in [-0.39, 0.29) is 5.91 Å². The molecular formula is C13H16ClNO2. The third-order valence-electron chi connectivity index (χ3n) is 2.18. The van der Waals surface area contributed by atoms with Crippen molar-refractivity contribution in [2.75, 3.05) is 6.54 Å². The number of amides is 1. The van der Waals surface area contributed by atoms with Crippen LogP contribution in [0.2, 0.25) is 5.02 Å². The van der Waals surface area contributed by atoms with Crippen molar-refractivity contribution in [3.8, 4) is 0 Å². The smallest absolute Gasteiger partial charge is 0.244 e. The van der Waals surface area contributed by atoms with Gasteiger partial charge < -0.3 is 10.4 Å². The molecule has 2 N–H and O–H groups in total. The van der Waals surface area contributed by atoms with Crippen LogP contribution < -0.4 is 5.32 Å². The van der Waals surface area contributed by atoms with E-state index < -0.39 is 6.10 Å². The highest BCUT2D eigenvalue weighted by molar-refractivity contribution is 6.32. The van der Waals surface area contributed by atoms with Crippen LogP contribution in [0.15, 0.2) is 30.3 Å². The van der Waals surface area contributed by atoms with E-state index in [1.165, 1.54) is 6.08 Å². The molecule has 0 saturated heterocycles. The van der Waals surface area contributed by atoms with Gasteiger partial charge in [-0.2, -0.15) is 0 Å². The van der Waals surface area contributed by atoms with Crippen LogP contribution in [0.3, 0.4) is 0 Å². The third-order valence-corrected chi connectivity index (χ3v) is 2.53. The van der Waals surface area contributed by atoms with Crippen molar-refractivity contribution in [1.29, 1.82) is 0 Å². The van der Waals surface area contributed by atoms with Crippen molar-refractivity contribution in [2.24, 2.45) is 0 Å². The molecule has 4 heteroatoms. The standard InChI is InChI=1S/C13H16ClNO2/c1-10(16)8-9-15-13(17)7-6-11-4-2-3-5-12(11)14/h2-7,10,16H,8-9H2,1H3,(H,15,17). The lowest BCUT2D eigenvalue weighted by Crippen LogP contribution is -2.24. The summed E-state index contributed by atoms with van der Waals surface area (Å²) >= 11 is 5.94. The Morgan fingerprint density at radius 3 is 2.88 bits per heavy atom. The van der Waals surface area contributed by atoms with Gasteiger partial charge >= 0.3 is 0 Å².